The molecule has 0 aromatic rings. The van der Waals surface area contributed by atoms with Crippen molar-refractivity contribution in [3.63, 3.8) is 0 Å². The molecule has 2 radical (unpaired) electrons. The molecule has 0 rings (SSSR count). The van der Waals surface area contributed by atoms with Gasteiger partial charge in [0.1, 0.15) is 0 Å². The molecule has 0 saturated heterocycles. The summed E-state index contributed by atoms with van der Waals surface area (Å²) in [7, 11) is 0. The number of hydrogen-bond acceptors (Lipinski definition) is 3. The molecule has 0 heterocycles. The van der Waals surface area contributed by atoms with E-state index in [1.807, 2.05) is 0 Å². The van der Waals surface area contributed by atoms with Gasteiger partial charge in [0, 0.05) is 0 Å². The molecule has 0 spiro atoms. The normalized spacial score (nSPS) is 9.71. The van der Waals surface area contributed by atoms with Gasteiger partial charge in [0.15, 0.2) is 0 Å². The van der Waals surface area contributed by atoms with Crippen molar-refractivity contribution in [2.75, 3.05) is 12.4 Å². The topological polar surface area (TPSA) is 26.3 Å². The van der Waals surface area contributed by atoms with Gasteiger partial charge in [0.05, 0.1) is 12.4 Å². The Hall–Kier alpha value is 0.619. The van der Waals surface area contributed by atoms with Crippen molar-refractivity contribution in [3.8, 4) is 0 Å². The molecule has 0 fully saturated rings. The van der Waals surface area contributed by atoms with E-state index in [1.54, 1.807) is 0 Å². The monoisotopic (exact) mass is 326 g/mol. The molecular weight excluding hydrogens is 303 g/mol. The van der Waals surface area contributed by atoms with Crippen molar-refractivity contribution in [1.29, 1.82) is 0 Å². The van der Waals surface area contributed by atoms with Gasteiger partial charge >= 0.3 is 29.9 Å². The first-order chi connectivity index (χ1) is 6.16. The molecule has 0 amide bonds. The van der Waals surface area contributed by atoms with Crippen molar-refractivity contribution in [3.05, 3.63) is 0 Å². The van der Waals surface area contributed by atoms with Crippen LogP contribution in [-0.4, -0.2) is 42.2 Å². The third-order valence-electron chi connectivity index (χ3n) is 1.82. The van der Waals surface area contributed by atoms with Gasteiger partial charge in [0.25, 0.3) is 0 Å². The number of ether oxygens (including phenoxy) is 1. The summed E-state index contributed by atoms with van der Waals surface area (Å²) in [5.41, 5.74) is 0. The fraction of sp³-hybridized carbons (Fsp3) is 0.900. The van der Waals surface area contributed by atoms with Gasteiger partial charge in [-0.05, 0) is 12.3 Å². The molecule has 0 bridgehead atoms. The molecule has 0 unspecified atom stereocenters. The molecule has 0 atom stereocenters. The molecule has 84 valence electrons. The van der Waals surface area contributed by atoms with Crippen LogP contribution in [0.5, 0.6) is 0 Å². The number of carbonyl (C=O) groups is 1. The average Bonchev–Trinajstić information content (AvgIpc) is 2.10. The maximum absolute atomic E-state index is 10.7. The van der Waals surface area contributed by atoms with Gasteiger partial charge in [-0.3, -0.25) is 4.79 Å². The van der Waals surface area contributed by atoms with Crippen LogP contribution in [0.4, 0.5) is 0 Å². The summed E-state index contributed by atoms with van der Waals surface area (Å²) >= 11 is 3.81. The Bertz CT molecular complexity index is 140. The second-order valence-corrected chi connectivity index (χ2v) is 3.94. The van der Waals surface area contributed by atoms with Crippen LogP contribution in [0.15, 0.2) is 0 Å². The quantitative estimate of drug-likeness (QED) is 0.334. The zero-order chi connectivity index (χ0) is 10.1. The Morgan fingerprint density at radius 2 is 1.93 bits per heavy atom. The number of rotatable bonds is 7. The van der Waals surface area contributed by atoms with Crippen LogP contribution >= 0.6 is 12.6 Å². The molecule has 0 aromatic heterocycles. The molecule has 0 aromatic carbocycles. The summed E-state index contributed by atoms with van der Waals surface area (Å²) in [6.07, 6.45) is 4.63. The summed E-state index contributed by atoms with van der Waals surface area (Å²) in [4.78, 5) is 10.7. The van der Waals surface area contributed by atoms with Crippen molar-refractivity contribution in [2.45, 2.75) is 39.5 Å². The summed E-state index contributed by atoms with van der Waals surface area (Å²) in [5.74, 6) is 0.749. The molecule has 4 heteroatoms. The third-order valence-corrected chi connectivity index (χ3v) is 2.08. The Balaban J connectivity index is 0. The Morgan fingerprint density at radius 1 is 1.29 bits per heavy atom. The molecule has 14 heavy (non-hydrogen) atoms. The van der Waals surface area contributed by atoms with Crippen molar-refractivity contribution < 1.29 is 9.53 Å². The fourth-order valence-corrected chi connectivity index (χ4v) is 1.15. The Labute approximate surface area is 110 Å². The van der Waals surface area contributed by atoms with E-state index in [9.17, 15) is 4.79 Å². The van der Waals surface area contributed by atoms with Crippen LogP contribution < -0.4 is 0 Å². The molecule has 0 N–H and O–H groups in total. The number of carbonyl (C=O) groups excluding carboxylic acids is 1. The van der Waals surface area contributed by atoms with Crippen LogP contribution in [0.2, 0.25) is 0 Å². The molecule has 0 aliphatic carbocycles. The van der Waals surface area contributed by atoms with Gasteiger partial charge in [-0.15, -0.1) is 0 Å². The SMILES string of the molecule is CC(C)CCCCCOC(=O)CS.[SnH2]. The zero-order valence-corrected chi connectivity index (χ0v) is 14.2. The summed E-state index contributed by atoms with van der Waals surface area (Å²) < 4.78 is 4.88. The van der Waals surface area contributed by atoms with Gasteiger partial charge in [-0.25, -0.2) is 0 Å². The number of unbranched alkanes of at least 4 members (excludes halogenated alkanes) is 2. The standard InChI is InChI=1S/C10H20O2S.Sn.2H/c1-9(2)6-4-3-5-7-12-10(11)8-13;;;/h9,13H,3-8H2,1-2H3;;;. The van der Waals surface area contributed by atoms with Crippen molar-refractivity contribution >= 4 is 42.5 Å². The molecular formula is C10H22O2SSn. The second kappa shape index (κ2) is 11.7. The van der Waals surface area contributed by atoms with E-state index in [0.29, 0.717) is 6.61 Å². The van der Waals surface area contributed by atoms with E-state index in [4.69, 9.17) is 4.74 Å². The first-order valence-corrected chi connectivity index (χ1v) is 5.56. The van der Waals surface area contributed by atoms with E-state index in [0.717, 1.165) is 18.8 Å². The van der Waals surface area contributed by atoms with Crippen LogP contribution in [0.1, 0.15) is 39.5 Å². The van der Waals surface area contributed by atoms with Crippen LogP contribution in [0.25, 0.3) is 0 Å². The van der Waals surface area contributed by atoms with E-state index < -0.39 is 0 Å². The van der Waals surface area contributed by atoms with Crippen LogP contribution in [0.3, 0.4) is 0 Å². The summed E-state index contributed by atoms with van der Waals surface area (Å²) in [6, 6.07) is 0. The number of esters is 1. The summed E-state index contributed by atoms with van der Waals surface area (Å²) in [6.45, 7) is 5.00. The molecule has 0 aliphatic rings. The maximum atomic E-state index is 10.7. The first-order valence-electron chi connectivity index (χ1n) is 4.93. The van der Waals surface area contributed by atoms with Gasteiger partial charge in [-0.2, -0.15) is 12.6 Å². The van der Waals surface area contributed by atoms with Gasteiger partial charge < -0.3 is 4.74 Å². The van der Waals surface area contributed by atoms with Crippen LogP contribution in [-0.2, 0) is 9.53 Å². The van der Waals surface area contributed by atoms with E-state index in [2.05, 4.69) is 26.5 Å². The first kappa shape index (κ1) is 17.0. The predicted octanol–water partition coefficient (Wildman–Crippen LogP) is 1.76. The predicted molar refractivity (Wildman–Crippen MR) is 66.7 cm³/mol. The molecule has 0 saturated carbocycles. The summed E-state index contributed by atoms with van der Waals surface area (Å²) in [5, 5.41) is 0. The molecule has 0 aliphatic heterocycles. The molecule has 2 nitrogen and oxygen atoms in total. The van der Waals surface area contributed by atoms with E-state index >= 15 is 0 Å². The van der Waals surface area contributed by atoms with Crippen LogP contribution in [0, 0.1) is 5.92 Å². The van der Waals surface area contributed by atoms with Crippen molar-refractivity contribution in [2.24, 2.45) is 5.92 Å². The van der Waals surface area contributed by atoms with Gasteiger partial charge in [0.2, 0.25) is 0 Å². The zero-order valence-electron chi connectivity index (χ0n) is 9.29. The third kappa shape index (κ3) is 12.6. The second-order valence-electron chi connectivity index (χ2n) is 3.62. The van der Waals surface area contributed by atoms with Gasteiger partial charge in [-0.1, -0.05) is 33.1 Å². The fourth-order valence-electron chi connectivity index (χ4n) is 1.06. The number of thiol groups is 1. The number of hydrogen-bond donors (Lipinski definition) is 1. The Morgan fingerprint density at radius 3 is 2.43 bits per heavy atom. The minimum atomic E-state index is -0.216. The van der Waals surface area contributed by atoms with E-state index in [-0.39, 0.29) is 35.6 Å². The van der Waals surface area contributed by atoms with E-state index in [1.165, 1.54) is 12.8 Å². The van der Waals surface area contributed by atoms with Crippen molar-refractivity contribution in [1.82, 2.24) is 0 Å². The Kier molecular flexibility index (Phi) is 14.2. The average molecular weight is 325 g/mol. The minimum absolute atomic E-state index is 0.